The van der Waals surface area contributed by atoms with Crippen molar-refractivity contribution in [1.82, 2.24) is 0 Å². The Morgan fingerprint density at radius 3 is 1.27 bits per heavy atom. The summed E-state index contributed by atoms with van der Waals surface area (Å²) >= 11 is 0. The lowest BCUT2D eigenvalue weighted by molar-refractivity contribution is 1.28. The van der Waals surface area contributed by atoms with E-state index in [1.54, 1.807) is 0 Å². The highest BCUT2D eigenvalue weighted by molar-refractivity contribution is 5.99. The van der Waals surface area contributed by atoms with Gasteiger partial charge in [0.25, 0.3) is 0 Å². The third-order valence-electron chi connectivity index (χ3n) is 9.81. The molecule has 0 aliphatic heterocycles. The standard InChI is InChI=1S/C50H36N2/c1-4-16-43(17-5-1)51(46-29-25-38(26-30-46)41-24-23-37-13-10-11-14-40(37)35-41)47-31-27-39(28-32-47)49-22-12-15-42-36-48(33-34-50(42)49)52(44-18-6-2-7-19-44)45-20-8-3-9-21-45/h1-36H. The summed E-state index contributed by atoms with van der Waals surface area (Å²) in [6.07, 6.45) is 0. The molecule has 0 bridgehead atoms. The Labute approximate surface area is 305 Å². The van der Waals surface area contributed by atoms with Gasteiger partial charge < -0.3 is 9.80 Å². The first-order valence-electron chi connectivity index (χ1n) is 17.8. The van der Waals surface area contributed by atoms with Crippen molar-refractivity contribution in [3.63, 3.8) is 0 Å². The normalized spacial score (nSPS) is 11.1. The van der Waals surface area contributed by atoms with E-state index in [4.69, 9.17) is 0 Å². The maximum Gasteiger partial charge on any atom is 0.0468 e. The highest BCUT2D eigenvalue weighted by Crippen LogP contribution is 2.40. The summed E-state index contributed by atoms with van der Waals surface area (Å²) in [5.41, 5.74) is 11.5. The molecule has 9 rings (SSSR count). The van der Waals surface area contributed by atoms with Gasteiger partial charge in [0.05, 0.1) is 0 Å². The molecule has 0 spiro atoms. The average molecular weight is 665 g/mol. The van der Waals surface area contributed by atoms with Gasteiger partial charge in [-0.1, -0.05) is 140 Å². The van der Waals surface area contributed by atoms with E-state index in [1.165, 1.54) is 43.8 Å². The fourth-order valence-electron chi connectivity index (χ4n) is 7.25. The summed E-state index contributed by atoms with van der Waals surface area (Å²) in [6.45, 7) is 0. The molecule has 246 valence electrons. The van der Waals surface area contributed by atoms with Crippen LogP contribution in [0.2, 0.25) is 0 Å². The lowest BCUT2D eigenvalue weighted by Gasteiger charge is -2.26. The van der Waals surface area contributed by atoms with E-state index < -0.39 is 0 Å². The molecule has 0 fully saturated rings. The second-order valence-electron chi connectivity index (χ2n) is 13.0. The number of fused-ring (bicyclic) bond motifs is 2. The minimum absolute atomic E-state index is 1.11. The van der Waals surface area contributed by atoms with E-state index in [2.05, 4.69) is 228 Å². The molecule has 0 heterocycles. The first-order chi connectivity index (χ1) is 25.8. The lowest BCUT2D eigenvalue weighted by atomic mass is 9.97. The molecule has 0 aromatic heterocycles. The summed E-state index contributed by atoms with van der Waals surface area (Å²) in [5, 5.41) is 4.94. The zero-order valence-corrected chi connectivity index (χ0v) is 28.7. The molecule has 2 nitrogen and oxygen atoms in total. The zero-order chi connectivity index (χ0) is 34.7. The summed E-state index contributed by atoms with van der Waals surface area (Å²) in [4.78, 5) is 4.64. The van der Waals surface area contributed by atoms with Crippen molar-refractivity contribution in [2.24, 2.45) is 0 Å². The molecule has 9 aromatic carbocycles. The minimum atomic E-state index is 1.11. The summed E-state index contributed by atoms with van der Waals surface area (Å²) in [5.74, 6) is 0. The molecule has 0 saturated carbocycles. The number of anilines is 6. The molecule has 0 amide bonds. The van der Waals surface area contributed by atoms with Crippen LogP contribution in [-0.2, 0) is 0 Å². The SMILES string of the molecule is c1ccc(N(c2ccc(-c3ccc4ccccc4c3)cc2)c2ccc(-c3cccc4cc(N(c5ccccc5)c5ccccc5)ccc34)cc2)cc1. The van der Waals surface area contributed by atoms with Crippen LogP contribution in [0.5, 0.6) is 0 Å². The van der Waals surface area contributed by atoms with Crippen molar-refractivity contribution in [1.29, 1.82) is 0 Å². The summed E-state index contributed by atoms with van der Waals surface area (Å²) in [6, 6.07) is 78.2. The van der Waals surface area contributed by atoms with Gasteiger partial charge in [-0.15, -0.1) is 0 Å². The van der Waals surface area contributed by atoms with Crippen LogP contribution in [0.3, 0.4) is 0 Å². The van der Waals surface area contributed by atoms with E-state index in [0.29, 0.717) is 0 Å². The first kappa shape index (κ1) is 31.1. The maximum absolute atomic E-state index is 2.32. The quantitative estimate of drug-likeness (QED) is 0.159. The number of hydrogen-bond acceptors (Lipinski definition) is 2. The van der Waals surface area contributed by atoms with E-state index in [-0.39, 0.29) is 0 Å². The van der Waals surface area contributed by atoms with Crippen molar-refractivity contribution >= 4 is 55.7 Å². The smallest absolute Gasteiger partial charge is 0.0468 e. The highest BCUT2D eigenvalue weighted by atomic mass is 15.1. The average Bonchev–Trinajstić information content (AvgIpc) is 3.22. The Kier molecular flexibility index (Phi) is 8.24. The lowest BCUT2D eigenvalue weighted by Crippen LogP contribution is -2.09. The van der Waals surface area contributed by atoms with E-state index in [9.17, 15) is 0 Å². The number of nitrogens with zero attached hydrogens (tertiary/aromatic N) is 2. The van der Waals surface area contributed by atoms with Gasteiger partial charge in [0.1, 0.15) is 0 Å². The highest BCUT2D eigenvalue weighted by Gasteiger charge is 2.16. The van der Waals surface area contributed by atoms with Crippen molar-refractivity contribution in [2.45, 2.75) is 0 Å². The Morgan fingerprint density at radius 2 is 0.673 bits per heavy atom. The first-order valence-corrected chi connectivity index (χ1v) is 17.8. The van der Waals surface area contributed by atoms with Crippen molar-refractivity contribution in [2.75, 3.05) is 9.80 Å². The van der Waals surface area contributed by atoms with E-state index in [1.807, 2.05) is 0 Å². The van der Waals surface area contributed by atoms with Gasteiger partial charge in [-0.25, -0.2) is 0 Å². The zero-order valence-electron chi connectivity index (χ0n) is 28.7. The Hall–Kier alpha value is -6.90. The second kappa shape index (κ2) is 13.8. The fraction of sp³-hybridized carbons (Fsp3) is 0. The molecule has 0 radical (unpaired) electrons. The minimum Gasteiger partial charge on any atom is -0.311 e. The molecule has 52 heavy (non-hydrogen) atoms. The summed E-state index contributed by atoms with van der Waals surface area (Å²) in [7, 11) is 0. The van der Waals surface area contributed by atoms with Crippen molar-refractivity contribution in [3.05, 3.63) is 218 Å². The molecule has 0 N–H and O–H groups in total. The number of hydrogen-bond donors (Lipinski definition) is 0. The third kappa shape index (κ3) is 6.08. The fourth-order valence-corrected chi connectivity index (χ4v) is 7.25. The third-order valence-corrected chi connectivity index (χ3v) is 9.81. The molecular formula is C50H36N2. The molecule has 0 saturated heterocycles. The van der Waals surface area contributed by atoms with E-state index in [0.717, 1.165) is 34.1 Å². The predicted molar refractivity (Wildman–Crippen MR) is 222 cm³/mol. The van der Waals surface area contributed by atoms with Gasteiger partial charge in [0, 0.05) is 34.1 Å². The number of benzene rings is 9. The van der Waals surface area contributed by atoms with Crippen LogP contribution in [0.15, 0.2) is 218 Å². The van der Waals surface area contributed by atoms with Crippen LogP contribution in [0.1, 0.15) is 0 Å². The van der Waals surface area contributed by atoms with Crippen molar-refractivity contribution < 1.29 is 0 Å². The van der Waals surface area contributed by atoms with E-state index >= 15 is 0 Å². The predicted octanol–water partition coefficient (Wildman–Crippen LogP) is 14.3. The molecule has 0 atom stereocenters. The molecule has 0 aliphatic rings. The van der Waals surface area contributed by atoms with Gasteiger partial charge in [0.15, 0.2) is 0 Å². The molecular weight excluding hydrogens is 629 g/mol. The topological polar surface area (TPSA) is 6.48 Å². The van der Waals surface area contributed by atoms with Crippen LogP contribution in [0.4, 0.5) is 34.1 Å². The molecule has 0 aliphatic carbocycles. The van der Waals surface area contributed by atoms with Crippen LogP contribution in [0.25, 0.3) is 43.8 Å². The second-order valence-corrected chi connectivity index (χ2v) is 13.0. The Balaban J connectivity index is 1.05. The summed E-state index contributed by atoms with van der Waals surface area (Å²) < 4.78 is 0. The van der Waals surface area contributed by atoms with Crippen LogP contribution < -0.4 is 9.80 Å². The monoisotopic (exact) mass is 664 g/mol. The van der Waals surface area contributed by atoms with Gasteiger partial charge in [-0.2, -0.15) is 0 Å². The molecule has 0 unspecified atom stereocenters. The van der Waals surface area contributed by atoms with Gasteiger partial charge >= 0.3 is 0 Å². The van der Waals surface area contributed by atoms with Gasteiger partial charge in [0.2, 0.25) is 0 Å². The van der Waals surface area contributed by atoms with Crippen LogP contribution in [0, 0.1) is 0 Å². The Bertz CT molecular complexity index is 2560. The van der Waals surface area contributed by atoms with Gasteiger partial charge in [-0.05, 0) is 123 Å². The van der Waals surface area contributed by atoms with Crippen molar-refractivity contribution in [3.8, 4) is 22.3 Å². The molecule has 2 heteroatoms. The number of para-hydroxylation sites is 3. The van der Waals surface area contributed by atoms with Crippen LogP contribution in [-0.4, -0.2) is 0 Å². The largest absolute Gasteiger partial charge is 0.311 e. The number of rotatable bonds is 8. The van der Waals surface area contributed by atoms with Crippen LogP contribution >= 0.6 is 0 Å². The Morgan fingerprint density at radius 1 is 0.231 bits per heavy atom. The van der Waals surface area contributed by atoms with Gasteiger partial charge in [-0.3, -0.25) is 0 Å². The maximum atomic E-state index is 2.32. The molecule has 9 aromatic rings.